The van der Waals surface area contributed by atoms with Crippen LogP contribution in [-0.4, -0.2) is 45.5 Å². The van der Waals surface area contributed by atoms with Crippen LogP contribution in [0.15, 0.2) is 165 Å². The number of ketones is 2. The summed E-state index contributed by atoms with van der Waals surface area (Å²) in [6.07, 6.45) is 12.2. The minimum absolute atomic E-state index is 0.0988. The van der Waals surface area contributed by atoms with Gasteiger partial charge in [0.05, 0.1) is 18.3 Å². The van der Waals surface area contributed by atoms with E-state index in [9.17, 15) is 30.8 Å². The Labute approximate surface area is 475 Å². The summed E-state index contributed by atoms with van der Waals surface area (Å²) in [6, 6.07) is 36.7. The van der Waals surface area contributed by atoms with Crippen LogP contribution >= 0.6 is 42.5 Å². The van der Waals surface area contributed by atoms with Gasteiger partial charge in [-0.1, -0.05) is 168 Å². The third kappa shape index (κ3) is 36.2. The van der Waals surface area contributed by atoms with Crippen LogP contribution in [0.4, 0.5) is 4.39 Å². The van der Waals surface area contributed by atoms with Crippen molar-refractivity contribution in [3.63, 3.8) is 0 Å². The van der Waals surface area contributed by atoms with Gasteiger partial charge >= 0.3 is 0 Å². The molecule has 0 aliphatic carbocycles. The van der Waals surface area contributed by atoms with E-state index in [1.54, 1.807) is 61.1 Å². The molecular weight excluding hydrogens is 1140 g/mol. The Kier molecular flexibility index (Phi) is 50.2. The molecule has 3 N–H and O–H groups in total. The molecule has 4 aromatic carbocycles. The molecular formula is C59H86Br2ClFN4O6S2. The van der Waals surface area contributed by atoms with Crippen molar-refractivity contribution in [2.45, 2.75) is 157 Å². The number of nitrogens with zero attached hydrogens (tertiary/aromatic N) is 2. The first kappa shape index (κ1) is 74.8. The zero-order valence-corrected chi connectivity index (χ0v) is 51.9. The summed E-state index contributed by atoms with van der Waals surface area (Å²) >= 11 is 6.34. The Bertz CT molecular complexity index is 2550. The van der Waals surface area contributed by atoms with Gasteiger partial charge in [0.25, 0.3) is 9.05 Å². The maximum absolute atomic E-state index is 12.5. The first-order valence-corrected chi connectivity index (χ1v) is 31.0. The van der Waals surface area contributed by atoms with Gasteiger partial charge in [-0.2, -0.15) is 0 Å². The van der Waals surface area contributed by atoms with Crippen molar-refractivity contribution in [2.24, 2.45) is 5.73 Å². The van der Waals surface area contributed by atoms with Crippen LogP contribution in [0.2, 0.25) is 0 Å². The number of hydrogen-bond acceptors (Lipinski definition) is 9. The van der Waals surface area contributed by atoms with Gasteiger partial charge in [0, 0.05) is 83.2 Å². The molecule has 0 bridgehead atoms. The Morgan fingerprint density at radius 1 is 0.520 bits per heavy atom. The number of sulfonamides is 1. The van der Waals surface area contributed by atoms with Gasteiger partial charge < -0.3 is 5.73 Å². The lowest BCUT2D eigenvalue weighted by Crippen LogP contribution is -2.23. The number of carbonyl (C=O) groups is 2. The van der Waals surface area contributed by atoms with Crippen molar-refractivity contribution in [1.82, 2.24) is 14.7 Å². The lowest BCUT2D eigenvalue weighted by atomic mass is 10.0. The summed E-state index contributed by atoms with van der Waals surface area (Å²) in [5.41, 5.74) is 12.0. The largest absolute Gasteiger partial charge is 0.326 e. The van der Waals surface area contributed by atoms with E-state index < -0.39 is 26.2 Å². The topological polar surface area (TPSA) is 166 Å². The van der Waals surface area contributed by atoms with E-state index in [4.69, 9.17) is 17.8 Å². The minimum atomic E-state index is -3.61. The monoisotopic (exact) mass is 1220 g/mol. The average Bonchev–Trinajstić information content (AvgIpc) is 3.47. The van der Waals surface area contributed by atoms with Gasteiger partial charge in [-0.15, -0.1) is 0 Å². The van der Waals surface area contributed by atoms with Crippen molar-refractivity contribution in [3.05, 3.63) is 188 Å². The van der Waals surface area contributed by atoms with E-state index in [-0.39, 0.29) is 22.1 Å². The number of pyridine rings is 2. The normalized spacial score (nSPS) is 9.75. The zero-order valence-electron chi connectivity index (χ0n) is 47.4. The molecule has 418 valence electrons. The van der Waals surface area contributed by atoms with Crippen molar-refractivity contribution < 1.29 is 32.2 Å². The first-order valence-electron chi connectivity index (χ1n) is 26.3. The van der Waals surface area contributed by atoms with E-state index in [1.807, 2.05) is 150 Å². The third-order valence-electron chi connectivity index (χ3n) is 9.19. The van der Waals surface area contributed by atoms with Crippen LogP contribution in [0, 0.1) is 0 Å². The van der Waals surface area contributed by atoms with Crippen LogP contribution < -0.4 is 10.5 Å². The molecule has 0 unspecified atom stereocenters. The Balaban J connectivity index is -0.000000485. The molecule has 2 aromatic heterocycles. The molecule has 0 saturated carbocycles. The molecule has 0 saturated heterocycles. The number of aromatic nitrogens is 2. The number of Topliss-reactive ketones (excluding diaryl/α,β-unsaturated/α-hetero) is 2. The fourth-order valence-corrected chi connectivity index (χ4v) is 9.87. The lowest BCUT2D eigenvalue weighted by molar-refractivity contribution is -0.119. The molecule has 16 heteroatoms. The fraction of sp³-hybridized carbons (Fsp3) is 0.390. The van der Waals surface area contributed by atoms with Crippen molar-refractivity contribution in [1.29, 1.82) is 0 Å². The highest BCUT2D eigenvalue weighted by molar-refractivity contribution is 9.10. The van der Waals surface area contributed by atoms with E-state index in [0.717, 1.165) is 40.7 Å². The number of benzene rings is 4. The van der Waals surface area contributed by atoms with E-state index in [0.29, 0.717) is 59.8 Å². The smallest absolute Gasteiger partial charge is 0.262 e. The molecule has 0 amide bonds. The van der Waals surface area contributed by atoms with Crippen LogP contribution in [0.25, 0.3) is 0 Å². The molecule has 2 heterocycles. The molecule has 0 fully saturated rings. The number of alkyl halides is 1. The molecule has 0 aliphatic heterocycles. The summed E-state index contributed by atoms with van der Waals surface area (Å²) in [4.78, 5) is 32.4. The maximum atomic E-state index is 12.5. The Morgan fingerprint density at radius 3 is 1.15 bits per heavy atom. The SMILES string of the molecule is CC.CC.CC.CC.CC.CC.NCc1ccc(CCC(=O)CCc2cccnc2)cc1.O=C(CCc1ccc(CNS(=O)(=O)c2ccccc2Br)cc1)CCc1cccnc1.O=S(=O)(Cl)c1ccccc1Br.[2H]CF. The number of aryl methyl sites for hydroxylation is 4. The summed E-state index contributed by atoms with van der Waals surface area (Å²) in [6.45, 7) is 24.8. The first-order chi connectivity index (χ1) is 36.6. The van der Waals surface area contributed by atoms with Gasteiger partial charge in [0.1, 0.15) is 11.6 Å². The molecule has 0 aliphatic rings. The van der Waals surface area contributed by atoms with Crippen molar-refractivity contribution >= 4 is 73.2 Å². The van der Waals surface area contributed by atoms with Crippen LogP contribution in [-0.2, 0) is 67.4 Å². The van der Waals surface area contributed by atoms with Gasteiger partial charge in [0.15, 0.2) is 0 Å². The standard InChI is InChI=1S/C23H23BrN2O3S.C17H20N2O.C6H4BrClO2S.6C2H6.CH3F/c24-22-5-1-2-6-23(22)30(28,29)26-17-20-9-7-18(8-10-20)11-13-21(27)14-12-19-4-3-15-25-16-19;18-12-15-5-3-14(4-6-15)7-9-17(20)10-8-16-2-1-11-19-13-16;7-5-3-1-2-4-6(5)11(8,9)10;7*1-2/h1-10,15-16,26H,11-14,17H2;1-6,11,13H,7-10,12,18H2;1-4H;6*1-2H3;1H3/i;;;;;;;;;1D. The second-order valence-electron chi connectivity index (χ2n) is 13.8. The minimum Gasteiger partial charge on any atom is -0.326 e. The van der Waals surface area contributed by atoms with Crippen LogP contribution in [0.3, 0.4) is 0 Å². The number of nitrogens with two attached hydrogens (primary N) is 1. The van der Waals surface area contributed by atoms with E-state index in [2.05, 4.69) is 58.7 Å². The number of carbonyl (C=O) groups excluding carboxylic acids is 2. The van der Waals surface area contributed by atoms with Gasteiger partial charge in [0.2, 0.25) is 10.0 Å². The molecule has 6 aromatic rings. The molecule has 6 rings (SSSR count). The summed E-state index contributed by atoms with van der Waals surface area (Å²) in [5, 5.41) is 0. The van der Waals surface area contributed by atoms with Gasteiger partial charge in [-0.3, -0.25) is 23.9 Å². The van der Waals surface area contributed by atoms with Gasteiger partial charge in [-0.05, 0) is 127 Å². The van der Waals surface area contributed by atoms with Crippen molar-refractivity contribution in [2.75, 3.05) is 7.15 Å². The highest BCUT2D eigenvalue weighted by Gasteiger charge is 2.17. The van der Waals surface area contributed by atoms with Crippen molar-refractivity contribution in [3.8, 4) is 0 Å². The third-order valence-corrected chi connectivity index (χ3v) is 13.9. The number of halogens is 4. The maximum Gasteiger partial charge on any atom is 0.262 e. The van der Waals surface area contributed by atoms with Crippen LogP contribution in [0.1, 0.15) is 144 Å². The Morgan fingerprint density at radius 2 is 0.840 bits per heavy atom. The highest BCUT2D eigenvalue weighted by atomic mass is 79.9. The zero-order chi connectivity index (χ0) is 58.8. The highest BCUT2D eigenvalue weighted by Crippen LogP contribution is 2.24. The second-order valence-corrected chi connectivity index (χ2v) is 19.7. The second kappa shape index (κ2) is 50.3. The molecule has 0 atom stereocenters. The molecule has 0 spiro atoms. The Hall–Kier alpha value is -4.48. The number of rotatable bonds is 18. The molecule has 10 nitrogen and oxygen atoms in total. The average molecular weight is 1230 g/mol. The van der Waals surface area contributed by atoms with Crippen LogP contribution in [0.5, 0.6) is 0 Å². The summed E-state index contributed by atoms with van der Waals surface area (Å²) < 4.78 is 65.6. The summed E-state index contributed by atoms with van der Waals surface area (Å²) in [5.74, 6) is 0.529. The number of hydrogen-bond donors (Lipinski definition) is 2. The van der Waals surface area contributed by atoms with E-state index >= 15 is 0 Å². The number of nitrogens with one attached hydrogen (secondary N) is 1. The molecule has 0 radical (unpaired) electrons. The lowest BCUT2D eigenvalue weighted by Gasteiger charge is -2.09. The fourth-order valence-electron chi connectivity index (χ4n) is 5.70. The van der Waals surface area contributed by atoms with E-state index in [1.165, 1.54) is 11.6 Å². The predicted molar refractivity (Wildman–Crippen MR) is 323 cm³/mol. The summed E-state index contributed by atoms with van der Waals surface area (Å²) in [7, 11) is -3.10. The van der Waals surface area contributed by atoms with Gasteiger partial charge in [-0.25, -0.2) is 21.6 Å². The quantitative estimate of drug-likeness (QED) is 0.0796. The molecule has 75 heavy (non-hydrogen) atoms. The predicted octanol–water partition coefficient (Wildman–Crippen LogP) is 16.3.